The lowest BCUT2D eigenvalue weighted by atomic mass is 9.88. The second-order valence-corrected chi connectivity index (χ2v) is 6.29. The van der Waals surface area contributed by atoms with Crippen LogP contribution in [0, 0.1) is 6.92 Å². The normalized spacial score (nSPS) is 11.3. The van der Waals surface area contributed by atoms with Gasteiger partial charge in [-0.15, -0.1) is 0 Å². The summed E-state index contributed by atoms with van der Waals surface area (Å²) in [7, 11) is 0. The molecule has 0 saturated heterocycles. The second kappa shape index (κ2) is 5.70. The molecule has 2 rings (SSSR count). The number of anilines is 1. The highest BCUT2D eigenvalue weighted by Gasteiger charge is 2.11. The van der Waals surface area contributed by atoms with Crippen molar-refractivity contribution in [3.8, 4) is 11.1 Å². The first-order chi connectivity index (χ1) is 9.38. The number of hydrogen-bond acceptors (Lipinski definition) is 1. The molecule has 2 N–H and O–H groups in total. The molecule has 0 atom stereocenters. The Bertz CT molecular complexity index is 589. The quantitative estimate of drug-likeness (QED) is 0.731. The summed E-state index contributed by atoms with van der Waals surface area (Å²) in [6.07, 6.45) is 0. The molecule has 0 aliphatic heterocycles. The fourth-order valence-corrected chi connectivity index (χ4v) is 2.65. The number of rotatable bonds is 3. The monoisotopic (exact) mass is 267 g/mol. The molecule has 1 nitrogen and oxygen atoms in total. The van der Waals surface area contributed by atoms with E-state index in [2.05, 4.69) is 65.0 Å². The molecule has 0 heterocycles. The zero-order chi connectivity index (χ0) is 14.9. The first kappa shape index (κ1) is 14.6. The first-order valence-electron chi connectivity index (χ1n) is 7.40. The van der Waals surface area contributed by atoms with Crippen LogP contribution in [0.3, 0.4) is 0 Å². The van der Waals surface area contributed by atoms with Gasteiger partial charge in [0.2, 0.25) is 0 Å². The van der Waals surface area contributed by atoms with E-state index in [1.54, 1.807) is 0 Å². The molecule has 0 radical (unpaired) electrons. The second-order valence-electron chi connectivity index (χ2n) is 6.29. The van der Waals surface area contributed by atoms with Crippen LogP contribution in [0.4, 0.5) is 5.69 Å². The van der Waals surface area contributed by atoms with Crippen LogP contribution in [0.5, 0.6) is 0 Å². The number of nitrogens with two attached hydrogens (primary N) is 1. The Kier molecular flexibility index (Phi) is 4.17. The van der Waals surface area contributed by atoms with Crippen LogP contribution in [0.25, 0.3) is 11.1 Å². The van der Waals surface area contributed by atoms with Gasteiger partial charge in [-0.25, -0.2) is 0 Å². The van der Waals surface area contributed by atoms with Crippen molar-refractivity contribution < 1.29 is 0 Å². The van der Waals surface area contributed by atoms with Gasteiger partial charge in [-0.2, -0.15) is 0 Å². The van der Waals surface area contributed by atoms with Gasteiger partial charge in [-0.05, 0) is 58.7 Å². The third kappa shape index (κ3) is 3.04. The summed E-state index contributed by atoms with van der Waals surface area (Å²) in [5, 5.41) is 0. The molecule has 0 spiro atoms. The molecular formula is C19H25N. The van der Waals surface area contributed by atoms with E-state index >= 15 is 0 Å². The molecule has 0 fully saturated rings. The summed E-state index contributed by atoms with van der Waals surface area (Å²) < 4.78 is 0. The number of aryl methyl sites for hydroxylation is 1. The van der Waals surface area contributed by atoms with Crippen LogP contribution in [-0.4, -0.2) is 0 Å². The predicted molar refractivity (Wildman–Crippen MR) is 89.2 cm³/mol. The zero-order valence-corrected chi connectivity index (χ0v) is 13.2. The third-order valence-corrected chi connectivity index (χ3v) is 3.77. The van der Waals surface area contributed by atoms with Crippen molar-refractivity contribution in [3.63, 3.8) is 0 Å². The molecule has 2 aromatic rings. The largest absolute Gasteiger partial charge is 0.399 e. The van der Waals surface area contributed by atoms with E-state index in [0.717, 1.165) is 5.69 Å². The first-order valence-corrected chi connectivity index (χ1v) is 7.40. The van der Waals surface area contributed by atoms with E-state index in [9.17, 15) is 0 Å². The molecule has 0 aliphatic carbocycles. The molecule has 2 aromatic carbocycles. The van der Waals surface area contributed by atoms with Crippen LogP contribution >= 0.6 is 0 Å². The van der Waals surface area contributed by atoms with Crippen LogP contribution in [0.15, 0.2) is 36.4 Å². The Morgan fingerprint density at radius 1 is 0.850 bits per heavy atom. The van der Waals surface area contributed by atoms with Gasteiger partial charge in [0.25, 0.3) is 0 Å². The number of nitrogen functional groups attached to an aromatic ring is 1. The minimum atomic E-state index is 0.505. The van der Waals surface area contributed by atoms with E-state index in [-0.39, 0.29) is 0 Å². The van der Waals surface area contributed by atoms with Gasteiger partial charge in [0, 0.05) is 5.69 Å². The lowest BCUT2D eigenvalue weighted by Gasteiger charge is -2.17. The van der Waals surface area contributed by atoms with Crippen molar-refractivity contribution in [2.75, 3.05) is 5.73 Å². The summed E-state index contributed by atoms with van der Waals surface area (Å²) in [6.45, 7) is 11.1. The molecular weight excluding hydrogens is 242 g/mol. The van der Waals surface area contributed by atoms with Gasteiger partial charge in [0.15, 0.2) is 0 Å². The van der Waals surface area contributed by atoms with Gasteiger partial charge < -0.3 is 5.73 Å². The van der Waals surface area contributed by atoms with Crippen molar-refractivity contribution in [2.45, 2.75) is 46.5 Å². The summed E-state index contributed by atoms with van der Waals surface area (Å²) >= 11 is 0. The SMILES string of the molecule is Cc1cc(N)cc(-c2ccc(C(C)C)cc2C(C)C)c1. The van der Waals surface area contributed by atoms with Crippen LogP contribution in [0.2, 0.25) is 0 Å². The van der Waals surface area contributed by atoms with Crippen molar-refractivity contribution in [2.24, 2.45) is 0 Å². The van der Waals surface area contributed by atoms with Crippen molar-refractivity contribution >= 4 is 5.69 Å². The predicted octanol–water partition coefficient (Wildman–Crippen LogP) is 5.49. The maximum absolute atomic E-state index is 6.00. The molecule has 0 bridgehead atoms. The van der Waals surface area contributed by atoms with E-state index in [4.69, 9.17) is 5.73 Å². The minimum Gasteiger partial charge on any atom is -0.399 e. The lowest BCUT2D eigenvalue weighted by Crippen LogP contribution is -1.97. The van der Waals surface area contributed by atoms with Gasteiger partial charge in [0.05, 0.1) is 0 Å². The average Bonchev–Trinajstić information content (AvgIpc) is 2.36. The van der Waals surface area contributed by atoms with E-state index < -0.39 is 0 Å². The van der Waals surface area contributed by atoms with Crippen molar-refractivity contribution in [3.05, 3.63) is 53.1 Å². The third-order valence-electron chi connectivity index (χ3n) is 3.77. The highest BCUT2D eigenvalue weighted by Crippen LogP contribution is 2.33. The van der Waals surface area contributed by atoms with Gasteiger partial charge in [-0.3, -0.25) is 0 Å². The van der Waals surface area contributed by atoms with E-state index in [1.807, 2.05) is 6.07 Å². The topological polar surface area (TPSA) is 26.0 Å². The summed E-state index contributed by atoms with van der Waals surface area (Å²) in [4.78, 5) is 0. The minimum absolute atomic E-state index is 0.505. The Morgan fingerprint density at radius 3 is 2.10 bits per heavy atom. The highest BCUT2D eigenvalue weighted by atomic mass is 14.5. The maximum atomic E-state index is 6.00. The van der Waals surface area contributed by atoms with Crippen molar-refractivity contribution in [1.29, 1.82) is 0 Å². The van der Waals surface area contributed by atoms with E-state index in [1.165, 1.54) is 27.8 Å². The molecule has 0 aliphatic rings. The fourth-order valence-electron chi connectivity index (χ4n) is 2.65. The molecule has 0 amide bonds. The van der Waals surface area contributed by atoms with Gasteiger partial charge >= 0.3 is 0 Å². The average molecular weight is 267 g/mol. The smallest absolute Gasteiger partial charge is 0.0322 e. The fraction of sp³-hybridized carbons (Fsp3) is 0.368. The summed E-state index contributed by atoms with van der Waals surface area (Å²) in [6, 6.07) is 13.1. The molecule has 0 aromatic heterocycles. The number of hydrogen-bond donors (Lipinski definition) is 1. The summed E-state index contributed by atoms with van der Waals surface area (Å²) in [5.74, 6) is 1.06. The maximum Gasteiger partial charge on any atom is 0.0322 e. The highest BCUT2D eigenvalue weighted by molar-refractivity contribution is 5.72. The Hall–Kier alpha value is -1.76. The van der Waals surface area contributed by atoms with Crippen LogP contribution in [-0.2, 0) is 0 Å². The molecule has 0 unspecified atom stereocenters. The lowest BCUT2D eigenvalue weighted by molar-refractivity contribution is 0.835. The molecule has 0 saturated carbocycles. The van der Waals surface area contributed by atoms with Gasteiger partial charge in [-0.1, -0.05) is 52.0 Å². The van der Waals surface area contributed by atoms with Crippen LogP contribution < -0.4 is 5.73 Å². The standard InChI is InChI=1S/C19H25N/c1-12(2)15-6-7-18(19(11-15)13(3)4)16-8-14(5)9-17(20)10-16/h6-13H,20H2,1-5H3. The Balaban J connectivity index is 2.61. The Morgan fingerprint density at radius 2 is 1.55 bits per heavy atom. The summed E-state index contributed by atoms with van der Waals surface area (Å²) in [5.41, 5.74) is 13.4. The van der Waals surface area contributed by atoms with E-state index in [0.29, 0.717) is 11.8 Å². The van der Waals surface area contributed by atoms with Crippen molar-refractivity contribution in [1.82, 2.24) is 0 Å². The molecule has 20 heavy (non-hydrogen) atoms. The van der Waals surface area contributed by atoms with Gasteiger partial charge in [0.1, 0.15) is 0 Å². The molecule has 1 heteroatoms. The Labute approximate surface area is 122 Å². The van der Waals surface area contributed by atoms with Crippen LogP contribution in [0.1, 0.15) is 56.2 Å². The number of benzene rings is 2. The molecule has 106 valence electrons. The zero-order valence-electron chi connectivity index (χ0n) is 13.2.